The number of carbonyl (C=O) groups is 3. The fourth-order valence-electron chi connectivity index (χ4n) is 4.91. The second-order valence-electron chi connectivity index (χ2n) is 12.4. The van der Waals surface area contributed by atoms with Gasteiger partial charge in [0.05, 0.1) is 12.6 Å². The summed E-state index contributed by atoms with van der Waals surface area (Å²) in [5.41, 5.74) is 1.71. The zero-order valence-electron chi connectivity index (χ0n) is 25.1. The van der Waals surface area contributed by atoms with Crippen LogP contribution in [-0.2, 0) is 31.6 Å². The van der Waals surface area contributed by atoms with Gasteiger partial charge in [0.15, 0.2) is 0 Å². The minimum Gasteiger partial charge on any atom is -0.463 e. The van der Waals surface area contributed by atoms with Gasteiger partial charge in [0.2, 0.25) is 11.8 Å². The second-order valence-corrected chi connectivity index (χ2v) is 12.4. The van der Waals surface area contributed by atoms with Gasteiger partial charge in [0, 0.05) is 48.6 Å². The Balaban J connectivity index is 2.29. The number of fused-ring (bicyclic) bond motifs is 1. The van der Waals surface area contributed by atoms with Crippen LogP contribution in [0, 0.1) is 11.3 Å². The number of likely N-dealkylation sites (N-methyl/N-ethyl adjacent to an activating group) is 1. The third kappa shape index (κ3) is 7.27. The number of rotatable bonds is 10. The van der Waals surface area contributed by atoms with Crippen LogP contribution < -0.4 is 5.32 Å². The van der Waals surface area contributed by atoms with Crippen molar-refractivity contribution in [3.05, 3.63) is 47.7 Å². The van der Waals surface area contributed by atoms with Gasteiger partial charge < -0.3 is 19.5 Å². The quantitative estimate of drug-likeness (QED) is 0.334. The van der Waals surface area contributed by atoms with Crippen LogP contribution in [-0.4, -0.2) is 53.0 Å². The Morgan fingerprint density at radius 3 is 2.26 bits per heavy atom. The molecular formula is C31H47N3O4. The summed E-state index contributed by atoms with van der Waals surface area (Å²) in [5, 5.41) is 4.18. The number of nitrogens with one attached hydrogen (secondary N) is 1. The Morgan fingerprint density at radius 1 is 1.11 bits per heavy atom. The van der Waals surface area contributed by atoms with E-state index >= 15 is 0 Å². The molecule has 0 aliphatic carbocycles. The minimum absolute atomic E-state index is 0.0509. The molecular weight excluding hydrogens is 478 g/mol. The number of aromatic nitrogens is 1. The topological polar surface area (TPSA) is 80.6 Å². The molecule has 1 unspecified atom stereocenters. The zero-order chi connectivity index (χ0) is 29.0. The van der Waals surface area contributed by atoms with Crippen molar-refractivity contribution in [3.63, 3.8) is 0 Å². The maximum atomic E-state index is 13.8. The second kappa shape index (κ2) is 12.2. The smallest absolute Gasteiger partial charge is 0.333 e. The predicted molar refractivity (Wildman–Crippen MR) is 154 cm³/mol. The first-order chi connectivity index (χ1) is 17.5. The summed E-state index contributed by atoms with van der Waals surface area (Å²) in [6, 6.07) is 7.10. The lowest BCUT2D eigenvalue weighted by Gasteiger charge is -2.38. The molecule has 0 saturated heterocycles. The van der Waals surface area contributed by atoms with E-state index in [0.717, 1.165) is 16.5 Å². The number of nitrogens with zero attached hydrogens (tertiary/aromatic N) is 2. The molecule has 1 aromatic carbocycles. The standard InChI is InChI=1S/C31H47N3O4/c1-12-38-29(37)21(4)17-25(20(2)3)34(11)28(36)27(30(5,6)7)32-26(35)18-31(8,9)23-19-33(10)24-16-14-13-15-22(23)24/h13-17,19-20,25,27H,12,18H2,1-11H3,(H,32,35)/b21-17+/t25-,27?/m1/s1. The summed E-state index contributed by atoms with van der Waals surface area (Å²) in [6.45, 7) is 17.7. The van der Waals surface area contributed by atoms with Crippen LogP contribution in [0.3, 0.4) is 0 Å². The predicted octanol–water partition coefficient (Wildman–Crippen LogP) is 5.37. The number of benzene rings is 1. The first-order valence-corrected chi connectivity index (χ1v) is 13.5. The third-order valence-electron chi connectivity index (χ3n) is 7.14. The molecule has 0 fully saturated rings. The normalized spacial score (nSPS) is 14.4. The fourth-order valence-corrected chi connectivity index (χ4v) is 4.91. The summed E-state index contributed by atoms with van der Waals surface area (Å²) in [5.74, 6) is -0.713. The maximum Gasteiger partial charge on any atom is 0.333 e. The Labute approximate surface area is 228 Å². The number of carbonyl (C=O) groups excluding carboxylic acids is 3. The van der Waals surface area contributed by atoms with Crippen molar-refractivity contribution in [2.24, 2.45) is 18.4 Å². The lowest BCUT2D eigenvalue weighted by atomic mass is 9.80. The summed E-state index contributed by atoms with van der Waals surface area (Å²) in [6.07, 6.45) is 4.11. The summed E-state index contributed by atoms with van der Waals surface area (Å²) in [7, 11) is 3.74. The molecule has 0 radical (unpaired) electrons. The van der Waals surface area contributed by atoms with E-state index in [2.05, 4.69) is 42.1 Å². The van der Waals surface area contributed by atoms with Gasteiger partial charge in [-0.15, -0.1) is 0 Å². The molecule has 0 aliphatic rings. The van der Waals surface area contributed by atoms with Crippen LogP contribution in [0.2, 0.25) is 0 Å². The molecule has 0 spiro atoms. The highest BCUT2D eigenvalue weighted by atomic mass is 16.5. The van der Waals surface area contributed by atoms with Crippen LogP contribution >= 0.6 is 0 Å². The fraction of sp³-hybridized carbons (Fsp3) is 0.581. The van der Waals surface area contributed by atoms with Gasteiger partial charge >= 0.3 is 5.97 Å². The first-order valence-electron chi connectivity index (χ1n) is 13.5. The van der Waals surface area contributed by atoms with E-state index in [9.17, 15) is 14.4 Å². The molecule has 2 amide bonds. The molecule has 0 bridgehead atoms. The third-order valence-corrected chi connectivity index (χ3v) is 7.14. The minimum atomic E-state index is -0.735. The number of esters is 1. The summed E-state index contributed by atoms with van der Waals surface area (Å²) < 4.78 is 7.20. The Bertz CT molecular complexity index is 1180. The molecule has 2 aromatic rings. The van der Waals surface area contributed by atoms with Gasteiger partial charge in [-0.05, 0) is 36.8 Å². The molecule has 7 nitrogen and oxygen atoms in total. The van der Waals surface area contributed by atoms with E-state index in [1.54, 1.807) is 31.9 Å². The van der Waals surface area contributed by atoms with Gasteiger partial charge in [-0.2, -0.15) is 0 Å². The first kappa shape index (κ1) is 31.1. The van der Waals surface area contributed by atoms with Crippen molar-refractivity contribution in [2.75, 3.05) is 13.7 Å². The molecule has 0 aliphatic heterocycles. The van der Waals surface area contributed by atoms with Gasteiger partial charge in [0.25, 0.3) is 0 Å². The van der Waals surface area contributed by atoms with E-state index in [0.29, 0.717) is 12.2 Å². The largest absolute Gasteiger partial charge is 0.463 e. The Hall–Kier alpha value is -3.09. The van der Waals surface area contributed by atoms with E-state index in [-0.39, 0.29) is 30.2 Å². The van der Waals surface area contributed by atoms with Crippen LogP contribution in [0.4, 0.5) is 0 Å². The van der Waals surface area contributed by atoms with Crippen molar-refractivity contribution < 1.29 is 19.1 Å². The Kier molecular flexibility index (Phi) is 9.98. The molecule has 1 N–H and O–H groups in total. The number of amides is 2. The van der Waals surface area contributed by atoms with Crippen molar-refractivity contribution in [2.45, 2.75) is 86.2 Å². The van der Waals surface area contributed by atoms with Gasteiger partial charge in [-0.3, -0.25) is 9.59 Å². The number of hydrogen-bond donors (Lipinski definition) is 1. The van der Waals surface area contributed by atoms with Crippen molar-refractivity contribution in [1.82, 2.24) is 14.8 Å². The highest BCUT2D eigenvalue weighted by Crippen LogP contribution is 2.34. The van der Waals surface area contributed by atoms with E-state index < -0.39 is 22.8 Å². The molecule has 2 rings (SSSR count). The zero-order valence-corrected chi connectivity index (χ0v) is 25.1. The van der Waals surface area contributed by atoms with Crippen molar-refractivity contribution in [3.8, 4) is 0 Å². The monoisotopic (exact) mass is 525 g/mol. The van der Waals surface area contributed by atoms with Crippen LogP contribution in [0.25, 0.3) is 10.9 Å². The molecule has 7 heteroatoms. The number of ether oxygens (including phenoxy) is 1. The molecule has 1 heterocycles. The molecule has 210 valence electrons. The van der Waals surface area contributed by atoms with Crippen LogP contribution in [0.1, 0.15) is 74.3 Å². The average molecular weight is 526 g/mol. The highest BCUT2D eigenvalue weighted by molar-refractivity contribution is 5.91. The van der Waals surface area contributed by atoms with Crippen LogP contribution in [0.5, 0.6) is 0 Å². The number of hydrogen-bond acceptors (Lipinski definition) is 4. The average Bonchev–Trinajstić information content (AvgIpc) is 3.16. The van der Waals surface area contributed by atoms with Crippen molar-refractivity contribution >= 4 is 28.7 Å². The Morgan fingerprint density at radius 2 is 1.71 bits per heavy atom. The SMILES string of the molecule is CCOC(=O)/C(C)=C/[C@H](C(C)C)N(C)C(=O)C(NC(=O)CC(C)(C)c1cn(C)c2ccccc12)C(C)(C)C. The lowest BCUT2D eigenvalue weighted by molar-refractivity contribution is -0.140. The van der Waals surface area contributed by atoms with E-state index in [4.69, 9.17) is 4.74 Å². The number of para-hydroxylation sites is 1. The van der Waals surface area contributed by atoms with Crippen LogP contribution in [0.15, 0.2) is 42.1 Å². The molecule has 0 saturated carbocycles. The maximum absolute atomic E-state index is 13.8. The van der Waals surface area contributed by atoms with Gasteiger partial charge in [0.1, 0.15) is 6.04 Å². The molecule has 2 atom stereocenters. The highest BCUT2D eigenvalue weighted by Gasteiger charge is 2.38. The summed E-state index contributed by atoms with van der Waals surface area (Å²) in [4.78, 5) is 41.1. The molecule has 38 heavy (non-hydrogen) atoms. The van der Waals surface area contributed by atoms with Gasteiger partial charge in [-0.25, -0.2) is 4.79 Å². The van der Waals surface area contributed by atoms with E-state index in [1.165, 1.54) is 0 Å². The van der Waals surface area contributed by atoms with Gasteiger partial charge in [-0.1, -0.05) is 72.7 Å². The summed E-state index contributed by atoms with van der Waals surface area (Å²) >= 11 is 0. The lowest BCUT2D eigenvalue weighted by Crippen LogP contribution is -2.56. The molecule has 1 aromatic heterocycles. The number of aryl methyl sites for hydroxylation is 1. The van der Waals surface area contributed by atoms with Crippen molar-refractivity contribution in [1.29, 1.82) is 0 Å². The van der Waals surface area contributed by atoms with E-state index in [1.807, 2.05) is 53.8 Å².